The number of ether oxygens (including phenoxy) is 1. The molecule has 0 bridgehead atoms. The highest BCUT2D eigenvalue weighted by Crippen LogP contribution is 2.27. The Bertz CT molecular complexity index is 1350. The number of nitrogens with zero attached hydrogens (tertiary/aromatic N) is 3. The van der Waals surface area contributed by atoms with Crippen LogP contribution in [0.1, 0.15) is 31.0 Å². The second-order valence-corrected chi connectivity index (χ2v) is 10.6. The van der Waals surface area contributed by atoms with E-state index in [2.05, 4.69) is 66.8 Å². The van der Waals surface area contributed by atoms with E-state index in [0.29, 0.717) is 25.5 Å². The molecule has 0 radical (unpaired) electrons. The molecule has 3 N–H and O–H groups in total. The molecule has 9 heteroatoms. The van der Waals surface area contributed by atoms with Crippen LogP contribution in [0.4, 0.5) is 5.82 Å². The highest BCUT2D eigenvalue weighted by Gasteiger charge is 2.20. The Kier molecular flexibility index (Phi) is 8.68. The van der Waals surface area contributed by atoms with Gasteiger partial charge in [0.05, 0.1) is 18.1 Å². The number of aromatic nitrogens is 3. The van der Waals surface area contributed by atoms with E-state index in [-0.39, 0.29) is 12.0 Å². The Balaban J connectivity index is 1.22. The van der Waals surface area contributed by atoms with Crippen molar-refractivity contribution in [2.45, 2.75) is 39.0 Å². The average Bonchev–Trinajstić information content (AvgIpc) is 3.35. The van der Waals surface area contributed by atoms with Crippen molar-refractivity contribution in [3.8, 4) is 11.4 Å². The van der Waals surface area contributed by atoms with Crippen molar-refractivity contribution in [2.75, 3.05) is 31.5 Å². The van der Waals surface area contributed by atoms with E-state index in [1.165, 1.54) is 12.5 Å². The van der Waals surface area contributed by atoms with Crippen LogP contribution in [0.2, 0.25) is 0 Å². The molecular formula is C29H33BrN6O2. The van der Waals surface area contributed by atoms with Crippen LogP contribution < -0.4 is 10.6 Å². The molecule has 4 aromatic rings. The number of halogens is 1. The smallest absolute Gasteiger partial charge is 0.216 e. The molecule has 0 aliphatic carbocycles. The number of rotatable bonds is 10. The van der Waals surface area contributed by atoms with Crippen molar-refractivity contribution in [2.24, 2.45) is 0 Å². The van der Waals surface area contributed by atoms with E-state index in [9.17, 15) is 4.79 Å². The first-order chi connectivity index (χ1) is 18.5. The van der Waals surface area contributed by atoms with Crippen molar-refractivity contribution >= 4 is 38.7 Å². The van der Waals surface area contributed by atoms with E-state index in [1.807, 2.05) is 30.3 Å². The van der Waals surface area contributed by atoms with Crippen LogP contribution in [0.15, 0.2) is 65.1 Å². The molecule has 1 amide bonds. The maximum Gasteiger partial charge on any atom is 0.216 e. The van der Waals surface area contributed by atoms with Gasteiger partial charge in [0.1, 0.15) is 11.5 Å². The summed E-state index contributed by atoms with van der Waals surface area (Å²) in [4.78, 5) is 26.8. The molecule has 8 nitrogen and oxygen atoms in total. The number of aromatic amines is 1. The highest BCUT2D eigenvalue weighted by molar-refractivity contribution is 9.10. The van der Waals surface area contributed by atoms with E-state index < -0.39 is 0 Å². The van der Waals surface area contributed by atoms with E-state index in [4.69, 9.17) is 14.7 Å². The number of carbonyl (C=O) groups is 1. The summed E-state index contributed by atoms with van der Waals surface area (Å²) in [6, 6.07) is 20.5. The van der Waals surface area contributed by atoms with Crippen molar-refractivity contribution in [1.29, 1.82) is 0 Å². The predicted octanol–water partition coefficient (Wildman–Crippen LogP) is 5.12. The van der Waals surface area contributed by atoms with E-state index in [1.54, 1.807) is 0 Å². The van der Waals surface area contributed by atoms with Crippen molar-refractivity contribution < 1.29 is 9.53 Å². The Labute approximate surface area is 231 Å². The van der Waals surface area contributed by atoms with Gasteiger partial charge in [0.25, 0.3) is 0 Å². The Morgan fingerprint density at radius 3 is 2.58 bits per heavy atom. The van der Waals surface area contributed by atoms with E-state index in [0.717, 1.165) is 65.1 Å². The fraction of sp³-hybridized carbons (Fsp3) is 0.345. The molecule has 0 saturated carbocycles. The molecular weight excluding hydrogens is 544 g/mol. The number of piperidine rings is 1. The zero-order valence-corrected chi connectivity index (χ0v) is 23.1. The number of hydrogen-bond donors (Lipinski definition) is 3. The van der Waals surface area contributed by atoms with Crippen LogP contribution in [-0.2, 0) is 22.7 Å². The number of anilines is 1. The van der Waals surface area contributed by atoms with E-state index >= 15 is 0 Å². The molecule has 1 saturated heterocycles. The van der Waals surface area contributed by atoms with Crippen LogP contribution in [-0.4, -0.2) is 58.0 Å². The molecule has 2 aromatic carbocycles. The lowest BCUT2D eigenvalue weighted by atomic mass is 10.1. The topological polar surface area (TPSA) is 95.2 Å². The number of carbonyl (C=O) groups excluding carboxylic acids is 1. The third-order valence-electron chi connectivity index (χ3n) is 6.70. The van der Waals surface area contributed by atoms with Crippen LogP contribution >= 0.6 is 15.9 Å². The number of benzene rings is 2. The Hall–Kier alpha value is -3.27. The zero-order chi connectivity index (χ0) is 26.3. The molecule has 3 heterocycles. The minimum atomic E-state index is -0.0511. The zero-order valence-electron chi connectivity index (χ0n) is 21.5. The minimum absolute atomic E-state index is 0.0511. The van der Waals surface area contributed by atoms with Crippen molar-refractivity contribution in [3.05, 3.63) is 76.4 Å². The molecule has 0 spiro atoms. The third kappa shape index (κ3) is 6.98. The lowest BCUT2D eigenvalue weighted by molar-refractivity contribution is -0.118. The fourth-order valence-electron chi connectivity index (χ4n) is 4.70. The normalized spacial score (nSPS) is 14.6. The van der Waals surface area contributed by atoms with Crippen molar-refractivity contribution in [3.63, 3.8) is 0 Å². The van der Waals surface area contributed by atoms with Crippen LogP contribution in [0, 0.1) is 0 Å². The van der Waals surface area contributed by atoms with Gasteiger partial charge in [0.15, 0.2) is 5.82 Å². The number of fused-ring (bicyclic) bond motifs is 1. The number of amides is 1. The Morgan fingerprint density at radius 1 is 1.08 bits per heavy atom. The van der Waals surface area contributed by atoms with Gasteiger partial charge >= 0.3 is 0 Å². The second kappa shape index (κ2) is 12.5. The Morgan fingerprint density at radius 2 is 1.84 bits per heavy atom. The number of hydrogen-bond acceptors (Lipinski definition) is 6. The van der Waals surface area contributed by atoms with Gasteiger partial charge in [-0.2, -0.15) is 0 Å². The molecule has 5 rings (SSSR count). The monoisotopic (exact) mass is 576 g/mol. The van der Waals surface area contributed by atoms with Crippen molar-refractivity contribution in [1.82, 2.24) is 25.2 Å². The van der Waals surface area contributed by atoms with Crippen LogP contribution in [0.5, 0.6) is 0 Å². The quantitative estimate of drug-likeness (QED) is 0.227. The number of H-pyrrole nitrogens is 1. The molecule has 2 aromatic heterocycles. The maximum absolute atomic E-state index is 11.2. The highest BCUT2D eigenvalue weighted by atomic mass is 79.9. The van der Waals surface area contributed by atoms with Gasteiger partial charge in [0.2, 0.25) is 5.91 Å². The van der Waals surface area contributed by atoms with Gasteiger partial charge in [-0.15, -0.1) is 0 Å². The molecule has 198 valence electrons. The molecule has 1 aliphatic rings. The lowest BCUT2D eigenvalue weighted by Gasteiger charge is -2.31. The average molecular weight is 578 g/mol. The summed E-state index contributed by atoms with van der Waals surface area (Å²) in [6.45, 7) is 6.13. The van der Waals surface area contributed by atoms with Crippen LogP contribution in [0.3, 0.4) is 0 Å². The first-order valence-corrected chi connectivity index (χ1v) is 13.8. The van der Waals surface area contributed by atoms with Gasteiger partial charge < -0.3 is 20.4 Å². The summed E-state index contributed by atoms with van der Waals surface area (Å²) in [5.41, 5.74) is 4.02. The van der Waals surface area contributed by atoms with Gasteiger partial charge in [-0.1, -0.05) is 58.4 Å². The summed E-state index contributed by atoms with van der Waals surface area (Å²) >= 11 is 3.51. The SMILES string of the molecule is CC(=O)NCCNc1nc(-c2ccccc2)nc2[nH]c(COC3CCN(Cc4ccc(Br)cc4)CC3)cc12. The largest absolute Gasteiger partial charge is 0.372 e. The van der Waals surface area contributed by atoms with Crippen LogP contribution in [0.25, 0.3) is 22.4 Å². The maximum atomic E-state index is 11.2. The first-order valence-electron chi connectivity index (χ1n) is 13.1. The van der Waals surface area contributed by atoms with Gasteiger partial charge in [0, 0.05) is 55.4 Å². The second-order valence-electron chi connectivity index (χ2n) is 9.64. The van der Waals surface area contributed by atoms with Gasteiger partial charge in [-0.25, -0.2) is 9.97 Å². The summed E-state index contributed by atoms with van der Waals surface area (Å²) in [7, 11) is 0. The summed E-state index contributed by atoms with van der Waals surface area (Å²) < 4.78 is 7.42. The van der Waals surface area contributed by atoms with Gasteiger partial charge in [-0.05, 0) is 36.6 Å². The fourth-order valence-corrected chi connectivity index (χ4v) is 4.97. The van der Waals surface area contributed by atoms with Gasteiger partial charge in [-0.3, -0.25) is 9.69 Å². The number of likely N-dealkylation sites (tertiary alicyclic amines) is 1. The molecule has 38 heavy (non-hydrogen) atoms. The summed E-state index contributed by atoms with van der Waals surface area (Å²) in [5, 5.41) is 7.09. The summed E-state index contributed by atoms with van der Waals surface area (Å²) in [6.07, 6.45) is 2.28. The molecule has 1 aliphatic heterocycles. The molecule has 1 fully saturated rings. The first kappa shape index (κ1) is 26.3. The molecule has 0 atom stereocenters. The number of nitrogens with one attached hydrogen (secondary N) is 3. The predicted molar refractivity (Wildman–Crippen MR) is 154 cm³/mol. The summed E-state index contributed by atoms with van der Waals surface area (Å²) in [5.74, 6) is 1.33. The lowest BCUT2D eigenvalue weighted by Crippen LogP contribution is -2.36. The third-order valence-corrected chi connectivity index (χ3v) is 7.22. The minimum Gasteiger partial charge on any atom is -0.372 e. The standard InChI is InChI=1S/C29H33BrN6O2/c1-20(37)31-13-14-32-28-26-17-24(33-29(26)35-27(34-28)22-5-3-2-4-6-22)19-38-25-11-15-36(16-12-25)18-21-7-9-23(30)10-8-21/h2-10,17,25H,11-16,18-19H2,1H3,(H,31,37)(H2,32,33,34,35). The molecule has 0 unspecified atom stereocenters.